The molecule has 0 saturated heterocycles. The van der Waals surface area contributed by atoms with E-state index in [9.17, 15) is 9.36 Å². The van der Waals surface area contributed by atoms with E-state index in [1.165, 1.54) is 0 Å². The minimum atomic E-state index is -3.31. The van der Waals surface area contributed by atoms with Gasteiger partial charge in [0.15, 0.2) is 0 Å². The van der Waals surface area contributed by atoms with Crippen molar-refractivity contribution in [1.82, 2.24) is 5.09 Å². The molecule has 0 aliphatic carbocycles. The van der Waals surface area contributed by atoms with Crippen molar-refractivity contribution in [3.05, 3.63) is 42.5 Å². The first-order valence-corrected chi connectivity index (χ1v) is 11.7. The third-order valence-corrected chi connectivity index (χ3v) is 7.26. The normalized spacial score (nSPS) is 14.7. The Labute approximate surface area is 152 Å². The quantitative estimate of drug-likeness (QED) is 0.374. The monoisotopic (exact) mass is 381 g/mol. The molecule has 0 radical (unpaired) electrons. The molecule has 0 aliphatic heterocycles. The Morgan fingerprint density at radius 2 is 1.96 bits per heavy atom. The van der Waals surface area contributed by atoms with Crippen LogP contribution in [-0.2, 0) is 14.1 Å². The van der Waals surface area contributed by atoms with Gasteiger partial charge in [0.2, 0.25) is 0 Å². The van der Waals surface area contributed by atoms with Gasteiger partial charge in [-0.2, -0.15) is 0 Å². The number of ether oxygens (including phenoxy) is 1. The zero-order chi connectivity index (χ0) is 18.3. The summed E-state index contributed by atoms with van der Waals surface area (Å²) in [5.74, 6) is 0.0964. The summed E-state index contributed by atoms with van der Waals surface area (Å²) >= 11 is 1.06. The molecule has 0 bridgehead atoms. The van der Waals surface area contributed by atoms with Crippen LogP contribution in [0.1, 0.15) is 26.7 Å². The lowest BCUT2D eigenvalue weighted by atomic mass is 10.1. The van der Waals surface area contributed by atoms with E-state index in [4.69, 9.17) is 9.26 Å². The molecule has 5 nitrogen and oxygen atoms in total. The number of benzene rings is 2. The molecular formula is C18H24NO4PS. The van der Waals surface area contributed by atoms with Gasteiger partial charge >= 0.3 is 12.7 Å². The smallest absolute Gasteiger partial charge is 0.374 e. The topological polar surface area (TPSA) is 64.6 Å². The van der Waals surface area contributed by atoms with E-state index in [0.717, 1.165) is 35.0 Å². The summed E-state index contributed by atoms with van der Waals surface area (Å²) in [5.41, 5.74) is 0. The van der Waals surface area contributed by atoms with Crippen molar-refractivity contribution >= 4 is 34.8 Å². The summed E-state index contributed by atoms with van der Waals surface area (Å²) in [5, 5.41) is 4.68. The third-order valence-electron chi connectivity index (χ3n) is 3.66. The largest absolute Gasteiger partial charge is 0.465 e. The molecule has 2 aromatic carbocycles. The van der Waals surface area contributed by atoms with Gasteiger partial charge < -0.3 is 9.26 Å². The minimum Gasteiger partial charge on any atom is -0.465 e. The lowest BCUT2D eigenvalue weighted by molar-refractivity contribution is -0.145. The molecular weight excluding hydrogens is 357 g/mol. The van der Waals surface area contributed by atoms with E-state index < -0.39 is 18.7 Å². The van der Waals surface area contributed by atoms with E-state index >= 15 is 0 Å². The Morgan fingerprint density at radius 3 is 2.68 bits per heavy atom. The van der Waals surface area contributed by atoms with E-state index in [0.29, 0.717) is 12.4 Å². The highest BCUT2D eigenvalue weighted by molar-refractivity contribution is 8.55. The zero-order valence-corrected chi connectivity index (χ0v) is 16.4. The van der Waals surface area contributed by atoms with Gasteiger partial charge in [-0.3, -0.25) is 4.79 Å². The first-order valence-electron chi connectivity index (χ1n) is 8.26. The molecule has 25 heavy (non-hydrogen) atoms. The average Bonchev–Trinajstić information content (AvgIpc) is 2.62. The first kappa shape index (κ1) is 19.8. The number of hydrogen-bond acceptors (Lipinski definition) is 5. The van der Waals surface area contributed by atoms with Crippen molar-refractivity contribution < 1.29 is 18.6 Å². The molecule has 136 valence electrons. The number of carbonyl (C=O) groups excluding carboxylic acids is 1. The predicted molar refractivity (Wildman–Crippen MR) is 104 cm³/mol. The number of rotatable bonds is 9. The Hall–Kier alpha value is -1.49. The summed E-state index contributed by atoms with van der Waals surface area (Å²) in [6.45, 7) is 0.712. The van der Waals surface area contributed by atoms with Gasteiger partial charge in [-0.05, 0) is 42.4 Å². The standard InChI is InChI=1S/C18H24NO4PS/c1-4-5-13-22-18(20)14(2)19-24(21,25-3)23-17-12-8-10-15-9-6-7-11-16(15)17/h6-12,14H,4-5,13H2,1-3H3,(H,19,21). The minimum absolute atomic E-state index is 0.370. The number of esters is 1. The van der Waals surface area contributed by atoms with Crippen LogP contribution in [0, 0.1) is 0 Å². The Morgan fingerprint density at radius 1 is 1.24 bits per heavy atom. The summed E-state index contributed by atoms with van der Waals surface area (Å²) < 4.78 is 24.0. The summed E-state index contributed by atoms with van der Waals surface area (Å²) in [7, 11) is 0. The van der Waals surface area contributed by atoms with Crippen LogP contribution in [0.2, 0.25) is 0 Å². The fourth-order valence-corrected chi connectivity index (χ4v) is 4.74. The van der Waals surface area contributed by atoms with Crippen molar-refractivity contribution in [2.24, 2.45) is 0 Å². The van der Waals surface area contributed by atoms with Crippen molar-refractivity contribution in [1.29, 1.82) is 0 Å². The van der Waals surface area contributed by atoms with Crippen molar-refractivity contribution in [2.45, 2.75) is 32.7 Å². The van der Waals surface area contributed by atoms with Crippen LogP contribution >= 0.6 is 18.1 Å². The molecule has 2 unspecified atom stereocenters. The highest BCUT2D eigenvalue weighted by atomic mass is 32.7. The Balaban J connectivity index is 2.11. The van der Waals surface area contributed by atoms with E-state index in [-0.39, 0.29) is 0 Å². The van der Waals surface area contributed by atoms with Gasteiger partial charge in [0.25, 0.3) is 0 Å². The van der Waals surface area contributed by atoms with Gasteiger partial charge in [0, 0.05) is 5.39 Å². The number of carbonyl (C=O) groups is 1. The number of hydrogen-bond donors (Lipinski definition) is 1. The molecule has 2 aromatic rings. The Bertz CT molecular complexity index is 762. The van der Waals surface area contributed by atoms with Crippen LogP contribution in [0.15, 0.2) is 42.5 Å². The molecule has 0 amide bonds. The highest BCUT2D eigenvalue weighted by Gasteiger charge is 2.30. The van der Waals surface area contributed by atoms with Gasteiger partial charge in [-0.25, -0.2) is 9.65 Å². The second kappa shape index (κ2) is 9.27. The first-order chi connectivity index (χ1) is 12.0. The van der Waals surface area contributed by atoms with Crippen molar-refractivity contribution in [3.63, 3.8) is 0 Å². The maximum Gasteiger partial charge on any atom is 0.374 e. The fraction of sp³-hybridized carbons (Fsp3) is 0.389. The number of unbranched alkanes of at least 4 members (excludes halogenated alkanes) is 1. The van der Waals surface area contributed by atoms with Crippen LogP contribution < -0.4 is 9.61 Å². The van der Waals surface area contributed by atoms with Crippen molar-refractivity contribution in [3.8, 4) is 5.75 Å². The molecule has 0 spiro atoms. The van der Waals surface area contributed by atoms with Crippen molar-refractivity contribution in [2.75, 3.05) is 12.9 Å². The van der Waals surface area contributed by atoms with Crippen LogP contribution in [0.3, 0.4) is 0 Å². The SMILES string of the molecule is CCCCOC(=O)C(C)NP(=O)(Oc1cccc2ccccc12)SC. The predicted octanol–water partition coefficient (Wildman–Crippen LogP) is 5.01. The number of nitrogens with one attached hydrogen (secondary N) is 1. The van der Waals surface area contributed by atoms with Crippen LogP contribution in [0.4, 0.5) is 0 Å². The van der Waals surface area contributed by atoms with E-state index in [1.54, 1.807) is 19.2 Å². The summed E-state index contributed by atoms with van der Waals surface area (Å²) in [6.07, 6.45) is 3.45. The molecule has 2 atom stereocenters. The molecule has 7 heteroatoms. The number of fused-ring (bicyclic) bond motifs is 1. The molecule has 0 aliphatic rings. The van der Waals surface area contributed by atoms with E-state index in [1.807, 2.05) is 43.3 Å². The summed E-state index contributed by atoms with van der Waals surface area (Å²) in [4.78, 5) is 12.0. The molecule has 0 fully saturated rings. The van der Waals surface area contributed by atoms with Crippen LogP contribution in [0.5, 0.6) is 5.75 Å². The summed E-state index contributed by atoms with van der Waals surface area (Å²) in [6, 6.07) is 12.6. The molecule has 1 N–H and O–H groups in total. The maximum absolute atomic E-state index is 13.1. The Kier molecular flexibility index (Phi) is 7.36. The highest BCUT2D eigenvalue weighted by Crippen LogP contribution is 2.55. The third kappa shape index (κ3) is 5.50. The fourth-order valence-electron chi connectivity index (χ4n) is 2.25. The second-order valence-electron chi connectivity index (χ2n) is 5.62. The van der Waals surface area contributed by atoms with Crippen LogP contribution in [-0.4, -0.2) is 24.9 Å². The molecule has 2 rings (SSSR count). The second-order valence-corrected chi connectivity index (χ2v) is 9.96. The van der Waals surface area contributed by atoms with Gasteiger partial charge in [-0.1, -0.05) is 49.7 Å². The molecule has 0 saturated carbocycles. The zero-order valence-electron chi connectivity index (χ0n) is 14.7. The maximum atomic E-state index is 13.1. The van der Waals surface area contributed by atoms with Crippen LogP contribution in [0.25, 0.3) is 10.8 Å². The average molecular weight is 381 g/mol. The van der Waals surface area contributed by atoms with Gasteiger partial charge in [-0.15, -0.1) is 0 Å². The molecule has 0 aromatic heterocycles. The van der Waals surface area contributed by atoms with E-state index in [2.05, 4.69) is 5.09 Å². The van der Waals surface area contributed by atoms with Gasteiger partial charge in [0.05, 0.1) is 6.61 Å². The lowest BCUT2D eigenvalue weighted by Crippen LogP contribution is -2.33. The van der Waals surface area contributed by atoms with Gasteiger partial charge in [0.1, 0.15) is 11.8 Å². The molecule has 0 heterocycles. The lowest BCUT2D eigenvalue weighted by Gasteiger charge is -2.22.